The van der Waals surface area contributed by atoms with Gasteiger partial charge in [0.2, 0.25) is 0 Å². The molecule has 5 atom stereocenters. The van der Waals surface area contributed by atoms with Gasteiger partial charge in [-0.1, -0.05) is 18.5 Å². The van der Waals surface area contributed by atoms with E-state index in [1.54, 1.807) is 36.7 Å². The van der Waals surface area contributed by atoms with Crippen LogP contribution in [-0.2, 0) is 4.74 Å². The smallest absolute Gasteiger partial charge is 0.341 e. The van der Waals surface area contributed by atoms with Gasteiger partial charge in [0.1, 0.15) is 0 Å². The molecule has 2 fully saturated rings. The second kappa shape index (κ2) is 7.59. The molecule has 148 valence electrons. The van der Waals surface area contributed by atoms with Crippen molar-refractivity contribution in [1.82, 2.24) is 15.1 Å². The van der Waals surface area contributed by atoms with E-state index in [-0.39, 0.29) is 17.9 Å². The number of esters is 1. The first kappa shape index (κ1) is 19.0. The van der Waals surface area contributed by atoms with Crippen LogP contribution in [0.5, 0.6) is 0 Å². The summed E-state index contributed by atoms with van der Waals surface area (Å²) in [4.78, 5) is 24.2. The highest BCUT2D eigenvalue weighted by molar-refractivity contribution is 6.30. The quantitative estimate of drug-likeness (QED) is 0.748. The number of methoxy groups -OCH3 is 1. The van der Waals surface area contributed by atoms with Crippen LogP contribution in [0.4, 0.5) is 0 Å². The number of fused-ring (bicyclic) bond motifs is 1. The third kappa shape index (κ3) is 3.53. The van der Waals surface area contributed by atoms with E-state index in [4.69, 9.17) is 16.3 Å². The normalized spacial score (nSPS) is 26.4. The van der Waals surface area contributed by atoms with E-state index in [2.05, 4.69) is 17.3 Å². The number of hydrogen-bond donors (Lipinski definition) is 1. The van der Waals surface area contributed by atoms with E-state index < -0.39 is 0 Å². The molecule has 1 N–H and O–H groups in total. The zero-order valence-corrected chi connectivity index (χ0v) is 16.7. The number of rotatable bonds is 6. The summed E-state index contributed by atoms with van der Waals surface area (Å²) in [5.74, 6) is 1.33. The first-order valence-electron chi connectivity index (χ1n) is 9.70. The maximum atomic E-state index is 12.5. The molecular weight excluding hydrogens is 378 g/mol. The van der Waals surface area contributed by atoms with Crippen molar-refractivity contribution in [3.8, 4) is 0 Å². The van der Waals surface area contributed by atoms with Crippen molar-refractivity contribution < 1.29 is 14.3 Å². The second-order valence-electron chi connectivity index (χ2n) is 7.73. The summed E-state index contributed by atoms with van der Waals surface area (Å²) in [7, 11) is 1.37. The average molecular weight is 402 g/mol. The molecule has 0 bridgehead atoms. The molecule has 4 rings (SSSR count). The van der Waals surface area contributed by atoms with E-state index in [1.807, 2.05) is 4.68 Å². The standard InChI is InChI=1S/C21H24ClN3O3/c1-3-18(24-20(26)12-4-6-14(22)7-5-12)19-16-8-15(9-17(16)19)25-11-13(10-23-25)21(27)28-2/h4-7,10-11,15-19H,3,8-9H2,1-2H3,(H,24,26)/t15-,16-,17+,18-,19+/m1/s1. The zero-order chi connectivity index (χ0) is 19.8. The minimum atomic E-state index is -0.358. The Labute approximate surface area is 169 Å². The van der Waals surface area contributed by atoms with Crippen molar-refractivity contribution in [2.24, 2.45) is 17.8 Å². The highest BCUT2D eigenvalue weighted by Gasteiger charge is 2.59. The predicted molar refractivity (Wildman–Crippen MR) is 105 cm³/mol. The molecule has 0 radical (unpaired) electrons. The third-order valence-corrected chi connectivity index (χ3v) is 6.46. The summed E-state index contributed by atoms with van der Waals surface area (Å²) < 4.78 is 6.64. The fourth-order valence-electron chi connectivity index (χ4n) is 4.76. The van der Waals surface area contributed by atoms with Gasteiger partial charge in [0.15, 0.2) is 0 Å². The number of hydrogen-bond acceptors (Lipinski definition) is 4. The lowest BCUT2D eigenvalue weighted by Gasteiger charge is -2.21. The Morgan fingerprint density at radius 3 is 2.54 bits per heavy atom. The molecule has 1 heterocycles. The fourth-order valence-corrected chi connectivity index (χ4v) is 4.89. The van der Waals surface area contributed by atoms with Crippen LogP contribution in [0.25, 0.3) is 0 Å². The number of nitrogens with zero attached hydrogens (tertiary/aromatic N) is 2. The zero-order valence-electron chi connectivity index (χ0n) is 16.0. The topological polar surface area (TPSA) is 73.2 Å². The molecule has 2 aliphatic carbocycles. The highest BCUT2D eigenvalue weighted by atomic mass is 35.5. The SMILES string of the molecule is CC[C@@H](NC(=O)c1ccc(Cl)cc1)[C@H]1[C@@H]2C[C@@H](n3cc(C(=O)OC)cn3)C[C@@H]21. The Bertz CT molecular complexity index is 867. The first-order valence-corrected chi connectivity index (χ1v) is 10.1. The predicted octanol–water partition coefficient (Wildman–Crippen LogP) is 3.73. The Kier molecular flexibility index (Phi) is 5.15. The summed E-state index contributed by atoms with van der Waals surface area (Å²) in [5, 5.41) is 8.18. The molecule has 6 nitrogen and oxygen atoms in total. The summed E-state index contributed by atoms with van der Waals surface area (Å²) in [5.41, 5.74) is 1.12. The average Bonchev–Trinajstić information content (AvgIpc) is 3.09. The molecule has 0 unspecified atom stereocenters. The molecule has 0 aliphatic heterocycles. The van der Waals surface area contributed by atoms with E-state index in [0.29, 0.717) is 39.9 Å². The van der Waals surface area contributed by atoms with Crippen molar-refractivity contribution in [3.05, 3.63) is 52.8 Å². The van der Waals surface area contributed by atoms with Gasteiger partial charge in [-0.2, -0.15) is 5.10 Å². The van der Waals surface area contributed by atoms with Gasteiger partial charge in [-0.25, -0.2) is 4.79 Å². The first-order chi connectivity index (χ1) is 13.5. The second-order valence-corrected chi connectivity index (χ2v) is 8.16. The molecule has 2 aromatic rings. The molecule has 0 spiro atoms. The Hall–Kier alpha value is -2.34. The number of nitrogens with one attached hydrogen (secondary N) is 1. The van der Waals surface area contributed by atoms with Crippen molar-refractivity contribution in [2.45, 2.75) is 38.3 Å². The van der Waals surface area contributed by atoms with Crippen LogP contribution in [0, 0.1) is 17.8 Å². The van der Waals surface area contributed by atoms with Gasteiger partial charge in [-0.05, 0) is 61.3 Å². The van der Waals surface area contributed by atoms with Gasteiger partial charge in [-0.3, -0.25) is 9.48 Å². The van der Waals surface area contributed by atoms with Crippen LogP contribution in [-0.4, -0.2) is 34.8 Å². The van der Waals surface area contributed by atoms with Gasteiger partial charge < -0.3 is 10.1 Å². The van der Waals surface area contributed by atoms with E-state index >= 15 is 0 Å². The molecule has 1 aromatic heterocycles. The molecule has 28 heavy (non-hydrogen) atoms. The summed E-state index contributed by atoms with van der Waals surface area (Å²) in [6.45, 7) is 2.12. The Balaban J connectivity index is 1.35. The van der Waals surface area contributed by atoms with Gasteiger partial charge in [0, 0.05) is 22.8 Å². The Morgan fingerprint density at radius 1 is 1.25 bits per heavy atom. The summed E-state index contributed by atoms with van der Waals surface area (Å²) in [6, 6.07) is 7.48. The minimum absolute atomic E-state index is 0.0418. The van der Waals surface area contributed by atoms with Crippen LogP contribution in [0.3, 0.4) is 0 Å². The number of amides is 1. The number of benzene rings is 1. The maximum Gasteiger partial charge on any atom is 0.341 e. The number of carbonyl (C=O) groups excluding carboxylic acids is 2. The lowest BCUT2D eigenvalue weighted by Crippen LogP contribution is -2.37. The van der Waals surface area contributed by atoms with Crippen LogP contribution < -0.4 is 5.32 Å². The van der Waals surface area contributed by atoms with Crippen LogP contribution in [0.15, 0.2) is 36.7 Å². The van der Waals surface area contributed by atoms with E-state index in [9.17, 15) is 9.59 Å². The van der Waals surface area contributed by atoms with Gasteiger partial charge in [0.25, 0.3) is 5.91 Å². The number of aromatic nitrogens is 2. The molecule has 0 saturated heterocycles. The van der Waals surface area contributed by atoms with Crippen LogP contribution >= 0.6 is 11.6 Å². The minimum Gasteiger partial charge on any atom is -0.465 e. The molecular formula is C21H24ClN3O3. The van der Waals surface area contributed by atoms with Crippen molar-refractivity contribution in [1.29, 1.82) is 0 Å². The van der Waals surface area contributed by atoms with E-state index in [1.165, 1.54) is 7.11 Å². The van der Waals surface area contributed by atoms with Gasteiger partial charge in [0.05, 0.1) is 24.9 Å². The largest absolute Gasteiger partial charge is 0.465 e. The summed E-state index contributed by atoms with van der Waals surface area (Å²) >= 11 is 5.90. The van der Waals surface area contributed by atoms with Crippen molar-refractivity contribution >= 4 is 23.5 Å². The van der Waals surface area contributed by atoms with Crippen molar-refractivity contribution in [2.75, 3.05) is 7.11 Å². The molecule has 1 amide bonds. The number of ether oxygens (including phenoxy) is 1. The monoisotopic (exact) mass is 401 g/mol. The van der Waals surface area contributed by atoms with Crippen LogP contribution in [0.1, 0.15) is 52.9 Å². The maximum absolute atomic E-state index is 12.5. The molecule has 1 aromatic carbocycles. The fraction of sp³-hybridized carbons (Fsp3) is 0.476. The van der Waals surface area contributed by atoms with Crippen LogP contribution in [0.2, 0.25) is 5.02 Å². The molecule has 2 aliphatic rings. The third-order valence-electron chi connectivity index (χ3n) is 6.21. The lowest BCUT2D eigenvalue weighted by molar-refractivity contribution is 0.0600. The lowest BCUT2D eigenvalue weighted by atomic mass is 9.99. The molecule has 2 saturated carbocycles. The molecule has 7 heteroatoms. The van der Waals surface area contributed by atoms with Gasteiger partial charge in [-0.15, -0.1) is 0 Å². The highest BCUT2D eigenvalue weighted by Crippen LogP contribution is 2.62. The van der Waals surface area contributed by atoms with Gasteiger partial charge >= 0.3 is 5.97 Å². The van der Waals surface area contributed by atoms with Crippen molar-refractivity contribution in [3.63, 3.8) is 0 Å². The summed E-state index contributed by atoms with van der Waals surface area (Å²) in [6.07, 6.45) is 6.32. The number of halogens is 1. The number of carbonyl (C=O) groups is 2. The van der Waals surface area contributed by atoms with E-state index in [0.717, 1.165) is 19.3 Å². The Morgan fingerprint density at radius 2 is 1.93 bits per heavy atom.